The van der Waals surface area contributed by atoms with Crippen LogP contribution in [0.4, 0.5) is 0 Å². The van der Waals surface area contributed by atoms with Crippen molar-refractivity contribution in [2.75, 3.05) is 33.9 Å². The highest BCUT2D eigenvalue weighted by atomic mass is 16.5. The predicted molar refractivity (Wildman–Crippen MR) is 127 cm³/mol. The van der Waals surface area contributed by atoms with Crippen molar-refractivity contribution < 1.29 is 19.1 Å². The number of para-hydroxylation sites is 1. The molecule has 0 aliphatic carbocycles. The summed E-state index contributed by atoms with van der Waals surface area (Å²) in [6.07, 6.45) is 0.350. The van der Waals surface area contributed by atoms with E-state index in [9.17, 15) is 9.59 Å². The quantitative estimate of drug-likeness (QED) is 0.631. The largest absolute Gasteiger partial charge is 0.496 e. The average molecular weight is 445 g/mol. The van der Waals surface area contributed by atoms with Crippen molar-refractivity contribution in [1.82, 2.24) is 10.2 Å². The van der Waals surface area contributed by atoms with E-state index in [4.69, 9.17) is 9.47 Å². The maximum Gasteiger partial charge on any atom is 0.257 e. The van der Waals surface area contributed by atoms with Crippen LogP contribution in [0.5, 0.6) is 5.75 Å². The number of likely N-dealkylation sites (N-methyl/N-ethyl adjacent to an activating group) is 1. The number of amides is 2. The van der Waals surface area contributed by atoms with E-state index in [1.54, 1.807) is 37.3 Å². The van der Waals surface area contributed by atoms with Gasteiger partial charge in [-0.25, -0.2) is 0 Å². The number of ether oxygens (including phenoxy) is 2. The summed E-state index contributed by atoms with van der Waals surface area (Å²) in [5.74, 6) is 0.0855. The number of carbonyl (C=O) groups excluding carboxylic acids is 2. The van der Waals surface area contributed by atoms with E-state index < -0.39 is 5.60 Å². The second-order valence-electron chi connectivity index (χ2n) is 8.09. The predicted octanol–water partition coefficient (Wildman–Crippen LogP) is 3.56. The number of carbonyl (C=O) groups is 2. The lowest BCUT2D eigenvalue weighted by Gasteiger charge is -2.41. The van der Waals surface area contributed by atoms with Gasteiger partial charge in [-0.2, -0.15) is 0 Å². The molecule has 0 bridgehead atoms. The molecule has 3 aromatic carbocycles. The summed E-state index contributed by atoms with van der Waals surface area (Å²) < 4.78 is 11.5. The lowest BCUT2D eigenvalue weighted by Crippen LogP contribution is -2.61. The van der Waals surface area contributed by atoms with E-state index in [-0.39, 0.29) is 25.0 Å². The van der Waals surface area contributed by atoms with E-state index in [1.807, 2.05) is 42.5 Å². The van der Waals surface area contributed by atoms with Crippen molar-refractivity contribution in [2.45, 2.75) is 12.0 Å². The van der Waals surface area contributed by atoms with Crippen LogP contribution in [0.3, 0.4) is 0 Å². The second kappa shape index (κ2) is 9.88. The first-order chi connectivity index (χ1) is 16.1. The molecule has 2 amide bonds. The van der Waals surface area contributed by atoms with Gasteiger partial charge in [0.05, 0.1) is 25.8 Å². The summed E-state index contributed by atoms with van der Waals surface area (Å²) in [6.45, 7) is 0.825. The molecule has 1 saturated heterocycles. The molecule has 4 rings (SSSR count). The molecule has 170 valence electrons. The van der Waals surface area contributed by atoms with Gasteiger partial charge in [-0.05, 0) is 28.8 Å². The number of hydrogen-bond donors (Lipinski definition) is 1. The van der Waals surface area contributed by atoms with Gasteiger partial charge in [0.2, 0.25) is 0 Å². The van der Waals surface area contributed by atoms with E-state index in [0.29, 0.717) is 24.3 Å². The molecular formula is C27H28N2O4. The average Bonchev–Trinajstić information content (AvgIpc) is 2.88. The van der Waals surface area contributed by atoms with Crippen LogP contribution in [0.15, 0.2) is 78.9 Å². The Balaban J connectivity index is 1.63. The van der Waals surface area contributed by atoms with Crippen LogP contribution >= 0.6 is 0 Å². The van der Waals surface area contributed by atoms with Crippen molar-refractivity contribution in [3.63, 3.8) is 0 Å². The fraction of sp³-hybridized carbons (Fsp3) is 0.259. The molecule has 6 heteroatoms. The Hall–Kier alpha value is -3.64. The third kappa shape index (κ3) is 4.76. The van der Waals surface area contributed by atoms with Gasteiger partial charge in [0.25, 0.3) is 11.8 Å². The third-order valence-corrected chi connectivity index (χ3v) is 5.98. The second-order valence-corrected chi connectivity index (χ2v) is 8.09. The molecule has 0 aromatic heterocycles. The minimum absolute atomic E-state index is 0.152. The van der Waals surface area contributed by atoms with Crippen molar-refractivity contribution in [1.29, 1.82) is 0 Å². The number of morpholine rings is 1. The standard InChI is InChI=1S/C27H28N2O4/c1-28-26(31)27(18-20-9-8-12-22(17-20)21-10-4-3-5-11-21)19-29(15-16-33-27)25(30)23-13-6-7-14-24(23)32-2/h3-14,17H,15-16,18-19H2,1-2H3,(H,28,31). The molecule has 1 N–H and O–H groups in total. The van der Waals surface area contributed by atoms with Crippen LogP contribution < -0.4 is 10.1 Å². The minimum Gasteiger partial charge on any atom is -0.496 e. The lowest BCUT2D eigenvalue weighted by atomic mass is 9.89. The summed E-state index contributed by atoms with van der Waals surface area (Å²) in [4.78, 5) is 28.1. The number of benzene rings is 3. The summed E-state index contributed by atoms with van der Waals surface area (Å²) in [5, 5.41) is 2.74. The van der Waals surface area contributed by atoms with Crippen molar-refractivity contribution in [2.24, 2.45) is 0 Å². The molecule has 6 nitrogen and oxygen atoms in total. The Kier molecular flexibility index (Phi) is 6.75. The Bertz CT molecular complexity index is 1130. The molecule has 0 saturated carbocycles. The van der Waals surface area contributed by atoms with Gasteiger partial charge in [-0.15, -0.1) is 0 Å². The van der Waals surface area contributed by atoms with Gasteiger partial charge in [0.15, 0.2) is 5.60 Å². The van der Waals surface area contributed by atoms with E-state index in [0.717, 1.165) is 16.7 Å². The highest BCUT2D eigenvalue weighted by Crippen LogP contribution is 2.29. The van der Waals surface area contributed by atoms with Crippen LogP contribution in [0, 0.1) is 0 Å². The zero-order chi connectivity index (χ0) is 23.3. The van der Waals surface area contributed by atoms with Gasteiger partial charge in [-0.1, -0.05) is 66.7 Å². The van der Waals surface area contributed by atoms with Gasteiger partial charge in [0, 0.05) is 20.0 Å². The third-order valence-electron chi connectivity index (χ3n) is 5.98. The number of rotatable bonds is 6. The molecule has 3 aromatic rings. The zero-order valence-corrected chi connectivity index (χ0v) is 18.9. The molecule has 0 spiro atoms. The Labute approximate surface area is 194 Å². The Morgan fingerprint density at radius 3 is 2.48 bits per heavy atom. The smallest absolute Gasteiger partial charge is 0.257 e. The van der Waals surface area contributed by atoms with Gasteiger partial charge >= 0.3 is 0 Å². The summed E-state index contributed by atoms with van der Waals surface area (Å²) in [6, 6.07) is 25.3. The summed E-state index contributed by atoms with van der Waals surface area (Å²) in [7, 11) is 3.13. The topological polar surface area (TPSA) is 67.9 Å². The lowest BCUT2D eigenvalue weighted by molar-refractivity contribution is -0.156. The molecule has 1 unspecified atom stereocenters. The zero-order valence-electron chi connectivity index (χ0n) is 18.9. The van der Waals surface area contributed by atoms with Crippen LogP contribution in [0.1, 0.15) is 15.9 Å². The molecule has 33 heavy (non-hydrogen) atoms. The fourth-order valence-corrected chi connectivity index (χ4v) is 4.32. The molecule has 0 radical (unpaired) electrons. The van der Waals surface area contributed by atoms with Gasteiger partial charge < -0.3 is 19.7 Å². The SMILES string of the molecule is CNC(=O)C1(Cc2cccc(-c3ccccc3)c2)CN(C(=O)c2ccccc2OC)CCO1. The number of nitrogens with zero attached hydrogens (tertiary/aromatic N) is 1. The van der Waals surface area contributed by atoms with Gasteiger partial charge in [0.1, 0.15) is 5.75 Å². The summed E-state index contributed by atoms with van der Waals surface area (Å²) in [5.41, 5.74) is 2.43. The first kappa shape index (κ1) is 22.6. The van der Waals surface area contributed by atoms with Crippen LogP contribution in [-0.2, 0) is 16.0 Å². The normalized spacial score (nSPS) is 17.9. The van der Waals surface area contributed by atoms with Crippen LogP contribution in [0.25, 0.3) is 11.1 Å². The highest BCUT2D eigenvalue weighted by molar-refractivity contribution is 5.97. The molecule has 1 aliphatic heterocycles. The van der Waals surface area contributed by atoms with Crippen LogP contribution in [0.2, 0.25) is 0 Å². The van der Waals surface area contributed by atoms with Crippen LogP contribution in [-0.4, -0.2) is 56.2 Å². The highest BCUT2D eigenvalue weighted by Gasteiger charge is 2.45. The molecular weight excluding hydrogens is 416 g/mol. The first-order valence-corrected chi connectivity index (χ1v) is 11.0. The van der Waals surface area contributed by atoms with E-state index in [2.05, 4.69) is 23.5 Å². The van der Waals surface area contributed by atoms with E-state index in [1.165, 1.54) is 0 Å². The van der Waals surface area contributed by atoms with Crippen molar-refractivity contribution >= 4 is 11.8 Å². The number of methoxy groups -OCH3 is 1. The fourth-order valence-electron chi connectivity index (χ4n) is 4.32. The van der Waals surface area contributed by atoms with Gasteiger partial charge in [-0.3, -0.25) is 9.59 Å². The molecule has 1 fully saturated rings. The Morgan fingerprint density at radius 2 is 1.73 bits per heavy atom. The molecule has 1 aliphatic rings. The maximum absolute atomic E-state index is 13.3. The number of nitrogens with one attached hydrogen (secondary N) is 1. The van der Waals surface area contributed by atoms with Crippen molar-refractivity contribution in [3.8, 4) is 16.9 Å². The van der Waals surface area contributed by atoms with E-state index >= 15 is 0 Å². The monoisotopic (exact) mass is 444 g/mol. The maximum atomic E-state index is 13.3. The molecule has 1 heterocycles. The van der Waals surface area contributed by atoms with Crippen molar-refractivity contribution in [3.05, 3.63) is 90.0 Å². The summed E-state index contributed by atoms with van der Waals surface area (Å²) >= 11 is 0. The Morgan fingerprint density at radius 1 is 1.00 bits per heavy atom. The molecule has 1 atom stereocenters. The first-order valence-electron chi connectivity index (χ1n) is 11.0. The minimum atomic E-state index is -1.18. The number of hydrogen-bond acceptors (Lipinski definition) is 4.